The van der Waals surface area contributed by atoms with E-state index in [-0.39, 0.29) is 36.1 Å². The van der Waals surface area contributed by atoms with Crippen molar-refractivity contribution in [2.24, 2.45) is 0 Å². The minimum Gasteiger partial charge on any atom is -0.482 e. The van der Waals surface area contributed by atoms with Crippen molar-refractivity contribution in [3.8, 4) is 5.75 Å². The maximum atomic E-state index is 12.5. The molecule has 1 aromatic carbocycles. The standard InChI is InChI=1S/C18H22ClNO6S/c1-12-8-13(19)2-5-16(12)25-10-18(22)26-9-17(21)20(14-3-4-14)15-6-7-27(23,24)11-15/h2,5,8,14-15H,3-4,6-7,9-11H2,1H3/t15-/m1/s1. The molecule has 2 aliphatic rings. The van der Waals surface area contributed by atoms with Gasteiger partial charge in [0.25, 0.3) is 5.91 Å². The molecule has 9 heteroatoms. The highest BCUT2D eigenvalue weighted by atomic mass is 35.5. The van der Waals surface area contributed by atoms with Crippen LogP contribution in [0.1, 0.15) is 24.8 Å². The van der Waals surface area contributed by atoms with E-state index in [9.17, 15) is 18.0 Å². The molecule has 1 aliphatic carbocycles. The highest BCUT2D eigenvalue weighted by molar-refractivity contribution is 7.91. The summed E-state index contributed by atoms with van der Waals surface area (Å²) in [6, 6.07) is 4.77. The Labute approximate surface area is 163 Å². The lowest BCUT2D eigenvalue weighted by atomic mass is 10.2. The van der Waals surface area contributed by atoms with E-state index in [1.165, 1.54) is 0 Å². The van der Waals surface area contributed by atoms with Gasteiger partial charge in [-0.2, -0.15) is 0 Å². The maximum Gasteiger partial charge on any atom is 0.344 e. The van der Waals surface area contributed by atoms with Crippen LogP contribution in [-0.2, 0) is 24.2 Å². The van der Waals surface area contributed by atoms with Gasteiger partial charge >= 0.3 is 5.97 Å². The normalized spacial score (nSPS) is 20.9. The molecule has 1 saturated carbocycles. The summed E-state index contributed by atoms with van der Waals surface area (Å²) < 4.78 is 33.8. The van der Waals surface area contributed by atoms with Crippen LogP contribution in [0.3, 0.4) is 0 Å². The van der Waals surface area contributed by atoms with Crippen LogP contribution in [0.4, 0.5) is 0 Å². The lowest BCUT2D eigenvalue weighted by Gasteiger charge is -2.28. The first-order chi connectivity index (χ1) is 12.7. The molecular weight excluding hydrogens is 394 g/mol. The Morgan fingerprint density at radius 3 is 2.52 bits per heavy atom. The molecular formula is C18H22ClNO6S. The molecule has 0 radical (unpaired) electrons. The first-order valence-electron chi connectivity index (χ1n) is 8.81. The zero-order valence-corrected chi connectivity index (χ0v) is 16.6. The molecule has 7 nitrogen and oxygen atoms in total. The molecule has 27 heavy (non-hydrogen) atoms. The number of halogens is 1. The molecule has 1 aromatic rings. The van der Waals surface area contributed by atoms with E-state index in [0.29, 0.717) is 17.2 Å². The van der Waals surface area contributed by atoms with Crippen molar-refractivity contribution in [2.75, 3.05) is 24.7 Å². The first-order valence-corrected chi connectivity index (χ1v) is 11.0. The van der Waals surface area contributed by atoms with E-state index in [4.69, 9.17) is 21.1 Å². The zero-order chi connectivity index (χ0) is 19.6. The van der Waals surface area contributed by atoms with Gasteiger partial charge in [-0.3, -0.25) is 4.79 Å². The number of nitrogens with zero attached hydrogens (tertiary/aromatic N) is 1. The Hall–Kier alpha value is -1.80. The molecule has 0 aromatic heterocycles. The maximum absolute atomic E-state index is 12.5. The van der Waals surface area contributed by atoms with Gasteiger partial charge in [0, 0.05) is 17.1 Å². The third kappa shape index (κ3) is 5.35. The fourth-order valence-electron chi connectivity index (χ4n) is 3.22. The Morgan fingerprint density at radius 2 is 1.93 bits per heavy atom. The van der Waals surface area contributed by atoms with E-state index in [1.807, 2.05) is 0 Å². The lowest BCUT2D eigenvalue weighted by molar-refractivity contribution is -0.154. The number of esters is 1. The van der Waals surface area contributed by atoms with Crippen LogP contribution in [-0.4, -0.2) is 62.0 Å². The van der Waals surface area contributed by atoms with E-state index in [2.05, 4.69) is 0 Å². The Bertz CT molecular complexity index is 836. The van der Waals surface area contributed by atoms with Crippen molar-refractivity contribution in [3.05, 3.63) is 28.8 Å². The minimum atomic E-state index is -3.09. The summed E-state index contributed by atoms with van der Waals surface area (Å²) in [5.74, 6) is -0.411. The van der Waals surface area contributed by atoms with Crippen molar-refractivity contribution in [2.45, 2.75) is 38.3 Å². The summed E-state index contributed by atoms with van der Waals surface area (Å²) in [5.41, 5.74) is 0.786. The van der Waals surface area contributed by atoms with E-state index >= 15 is 0 Å². The van der Waals surface area contributed by atoms with Crippen LogP contribution in [0.5, 0.6) is 5.75 Å². The fourth-order valence-corrected chi connectivity index (χ4v) is 5.16. The number of aryl methyl sites for hydroxylation is 1. The summed E-state index contributed by atoms with van der Waals surface area (Å²) in [7, 11) is -3.09. The van der Waals surface area contributed by atoms with Crippen LogP contribution in [0.15, 0.2) is 18.2 Å². The molecule has 148 valence electrons. The number of hydrogen-bond acceptors (Lipinski definition) is 6. The van der Waals surface area contributed by atoms with Gasteiger partial charge in [0.1, 0.15) is 5.75 Å². The smallest absolute Gasteiger partial charge is 0.344 e. The van der Waals surface area contributed by atoms with Gasteiger partial charge in [0.2, 0.25) is 0 Å². The van der Waals surface area contributed by atoms with Gasteiger partial charge in [-0.05, 0) is 49.9 Å². The summed E-state index contributed by atoms with van der Waals surface area (Å²) in [6.07, 6.45) is 2.15. The van der Waals surface area contributed by atoms with E-state index in [1.54, 1.807) is 30.0 Å². The molecule has 0 N–H and O–H groups in total. The third-order valence-corrected chi connectivity index (χ3v) is 6.65. The fraction of sp³-hybridized carbons (Fsp3) is 0.556. The molecule has 1 heterocycles. The second-order valence-corrected chi connectivity index (χ2v) is 9.61. The highest BCUT2D eigenvalue weighted by Crippen LogP contribution is 2.32. The molecule has 1 saturated heterocycles. The van der Waals surface area contributed by atoms with Gasteiger partial charge in [-0.25, -0.2) is 13.2 Å². The van der Waals surface area contributed by atoms with Gasteiger partial charge in [-0.15, -0.1) is 0 Å². The number of benzene rings is 1. The molecule has 0 unspecified atom stereocenters. The zero-order valence-electron chi connectivity index (χ0n) is 15.0. The van der Waals surface area contributed by atoms with Crippen LogP contribution in [0.25, 0.3) is 0 Å². The third-order valence-electron chi connectivity index (χ3n) is 4.67. The molecule has 3 rings (SSSR count). The number of carbonyl (C=O) groups excluding carboxylic acids is 2. The average Bonchev–Trinajstić information content (AvgIpc) is 3.35. The second-order valence-electron chi connectivity index (χ2n) is 6.95. The Morgan fingerprint density at radius 1 is 1.19 bits per heavy atom. The van der Waals surface area contributed by atoms with Crippen molar-refractivity contribution in [3.63, 3.8) is 0 Å². The van der Waals surface area contributed by atoms with Crippen molar-refractivity contribution in [1.29, 1.82) is 0 Å². The van der Waals surface area contributed by atoms with Gasteiger partial charge in [-0.1, -0.05) is 11.6 Å². The average molecular weight is 416 g/mol. The summed E-state index contributed by atoms with van der Waals surface area (Å²) in [5, 5.41) is 0.571. The summed E-state index contributed by atoms with van der Waals surface area (Å²) in [4.78, 5) is 26.0. The number of sulfone groups is 1. The number of ether oxygens (including phenoxy) is 2. The van der Waals surface area contributed by atoms with Gasteiger partial charge in [0.15, 0.2) is 23.1 Å². The summed E-state index contributed by atoms with van der Waals surface area (Å²) in [6.45, 7) is 1.07. The monoisotopic (exact) mass is 415 g/mol. The molecule has 0 bridgehead atoms. The quantitative estimate of drug-likeness (QED) is 0.630. The van der Waals surface area contributed by atoms with Crippen LogP contribution >= 0.6 is 11.6 Å². The lowest BCUT2D eigenvalue weighted by Crippen LogP contribution is -2.45. The van der Waals surface area contributed by atoms with Crippen molar-refractivity contribution < 1.29 is 27.5 Å². The van der Waals surface area contributed by atoms with Crippen LogP contribution in [0.2, 0.25) is 5.02 Å². The Kier molecular flexibility index (Phi) is 5.95. The van der Waals surface area contributed by atoms with Gasteiger partial charge in [0.05, 0.1) is 11.5 Å². The van der Waals surface area contributed by atoms with Crippen molar-refractivity contribution in [1.82, 2.24) is 4.90 Å². The van der Waals surface area contributed by atoms with Crippen LogP contribution in [0, 0.1) is 6.92 Å². The van der Waals surface area contributed by atoms with E-state index < -0.39 is 22.4 Å². The molecule has 1 atom stereocenters. The second kappa shape index (κ2) is 8.06. The van der Waals surface area contributed by atoms with Crippen molar-refractivity contribution >= 4 is 33.3 Å². The van der Waals surface area contributed by atoms with E-state index in [0.717, 1.165) is 18.4 Å². The predicted molar refractivity (Wildman–Crippen MR) is 99.6 cm³/mol. The van der Waals surface area contributed by atoms with Crippen LogP contribution < -0.4 is 4.74 Å². The molecule has 1 aliphatic heterocycles. The number of carbonyl (C=O) groups is 2. The topological polar surface area (TPSA) is 90.0 Å². The number of hydrogen-bond donors (Lipinski definition) is 0. The SMILES string of the molecule is Cc1cc(Cl)ccc1OCC(=O)OCC(=O)N(C1CC1)[C@@H]1CCS(=O)(=O)C1. The molecule has 2 fully saturated rings. The molecule has 1 amide bonds. The van der Waals surface area contributed by atoms with Gasteiger partial charge < -0.3 is 14.4 Å². The number of rotatable bonds is 7. The molecule has 0 spiro atoms. The number of amides is 1. The summed E-state index contributed by atoms with van der Waals surface area (Å²) >= 11 is 5.87. The minimum absolute atomic E-state index is 0.0118. The Balaban J connectivity index is 1.49. The highest BCUT2D eigenvalue weighted by Gasteiger charge is 2.42. The first kappa shape index (κ1) is 19.9. The predicted octanol–water partition coefficient (Wildman–Crippen LogP) is 1.75. The largest absolute Gasteiger partial charge is 0.482 e.